The number of rotatable bonds is 5. The highest BCUT2D eigenvalue weighted by molar-refractivity contribution is 5.94. The maximum absolute atomic E-state index is 12.5. The number of fused-ring (bicyclic) bond motifs is 1. The predicted molar refractivity (Wildman–Crippen MR) is 98.2 cm³/mol. The Labute approximate surface area is 150 Å². The van der Waals surface area contributed by atoms with Gasteiger partial charge in [0, 0.05) is 29.2 Å². The lowest BCUT2D eigenvalue weighted by atomic mass is 10.1. The number of para-hydroxylation sites is 1. The van der Waals surface area contributed by atoms with Gasteiger partial charge in [-0.05, 0) is 53.6 Å². The van der Waals surface area contributed by atoms with Crippen molar-refractivity contribution in [1.29, 1.82) is 0 Å². The molecule has 0 aliphatic rings. The van der Waals surface area contributed by atoms with E-state index in [1.54, 1.807) is 16.8 Å². The molecule has 0 atom stereocenters. The standard InChI is InChI=1S/C19H18N6O/c1-13-22-23-24-25(13)16-6-4-5-14(11-16)19(26)20-10-9-15-12-21-18-8-3-2-7-17(15)18/h2-8,11-12,21H,9-10H2,1H3,(H,20,26). The molecule has 4 rings (SSSR count). The average molecular weight is 346 g/mol. The van der Waals surface area contributed by atoms with Gasteiger partial charge in [0.2, 0.25) is 0 Å². The molecule has 7 nitrogen and oxygen atoms in total. The highest BCUT2D eigenvalue weighted by Crippen LogP contribution is 2.17. The van der Waals surface area contributed by atoms with E-state index in [0.29, 0.717) is 17.9 Å². The van der Waals surface area contributed by atoms with E-state index in [1.165, 1.54) is 10.9 Å². The first-order valence-corrected chi connectivity index (χ1v) is 8.41. The monoisotopic (exact) mass is 346 g/mol. The third-order valence-electron chi connectivity index (χ3n) is 4.33. The first kappa shape index (κ1) is 16.0. The Morgan fingerprint density at radius 1 is 1.19 bits per heavy atom. The van der Waals surface area contributed by atoms with Crippen molar-refractivity contribution >= 4 is 16.8 Å². The number of hydrogen-bond donors (Lipinski definition) is 2. The molecule has 0 fully saturated rings. The van der Waals surface area contributed by atoms with E-state index in [4.69, 9.17) is 0 Å². The van der Waals surface area contributed by atoms with Crippen molar-refractivity contribution in [1.82, 2.24) is 30.5 Å². The number of H-pyrrole nitrogens is 1. The number of hydrogen-bond acceptors (Lipinski definition) is 4. The summed E-state index contributed by atoms with van der Waals surface area (Å²) in [6, 6.07) is 15.4. The summed E-state index contributed by atoms with van der Waals surface area (Å²) in [6.45, 7) is 2.38. The molecule has 0 unspecified atom stereocenters. The van der Waals surface area contributed by atoms with Gasteiger partial charge in [0.15, 0.2) is 5.82 Å². The van der Waals surface area contributed by atoms with Crippen LogP contribution in [0.15, 0.2) is 54.7 Å². The predicted octanol–water partition coefficient (Wildman–Crippen LogP) is 2.42. The van der Waals surface area contributed by atoms with Crippen LogP contribution in [0.3, 0.4) is 0 Å². The van der Waals surface area contributed by atoms with Crippen LogP contribution in [-0.4, -0.2) is 37.6 Å². The summed E-state index contributed by atoms with van der Waals surface area (Å²) in [6.07, 6.45) is 2.76. The molecule has 7 heteroatoms. The van der Waals surface area contributed by atoms with Crippen LogP contribution in [0, 0.1) is 6.92 Å². The number of benzene rings is 2. The number of carbonyl (C=O) groups excluding carboxylic acids is 1. The van der Waals surface area contributed by atoms with Gasteiger partial charge in [-0.3, -0.25) is 4.79 Å². The first-order chi connectivity index (χ1) is 12.7. The summed E-state index contributed by atoms with van der Waals surface area (Å²) in [5, 5.41) is 15.6. The molecule has 1 amide bonds. The molecule has 0 radical (unpaired) electrons. The zero-order valence-electron chi connectivity index (χ0n) is 14.3. The zero-order chi connectivity index (χ0) is 17.9. The number of tetrazole rings is 1. The normalized spacial score (nSPS) is 11.0. The van der Waals surface area contributed by atoms with Crippen LogP contribution in [0.25, 0.3) is 16.6 Å². The molecule has 0 spiro atoms. The second-order valence-corrected chi connectivity index (χ2v) is 6.05. The smallest absolute Gasteiger partial charge is 0.251 e. The second kappa shape index (κ2) is 6.79. The molecule has 26 heavy (non-hydrogen) atoms. The van der Waals surface area contributed by atoms with Gasteiger partial charge in [-0.15, -0.1) is 5.10 Å². The van der Waals surface area contributed by atoms with Crippen LogP contribution in [0.4, 0.5) is 0 Å². The number of amides is 1. The Bertz CT molecular complexity index is 1060. The highest BCUT2D eigenvalue weighted by Gasteiger charge is 2.10. The number of nitrogens with zero attached hydrogens (tertiary/aromatic N) is 4. The molecule has 130 valence electrons. The van der Waals surface area contributed by atoms with Crippen LogP contribution in [0.1, 0.15) is 21.7 Å². The van der Waals surface area contributed by atoms with Gasteiger partial charge in [-0.25, -0.2) is 0 Å². The van der Waals surface area contributed by atoms with Crippen molar-refractivity contribution in [2.45, 2.75) is 13.3 Å². The van der Waals surface area contributed by atoms with E-state index in [9.17, 15) is 4.79 Å². The van der Waals surface area contributed by atoms with E-state index in [-0.39, 0.29) is 5.91 Å². The minimum Gasteiger partial charge on any atom is -0.361 e. The molecular formula is C19H18N6O. The first-order valence-electron chi connectivity index (χ1n) is 8.41. The lowest BCUT2D eigenvalue weighted by molar-refractivity contribution is 0.0954. The van der Waals surface area contributed by atoms with E-state index in [2.05, 4.69) is 31.9 Å². The van der Waals surface area contributed by atoms with Crippen LogP contribution in [-0.2, 0) is 6.42 Å². The lowest BCUT2D eigenvalue weighted by Gasteiger charge is -2.07. The summed E-state index contributed by atoms with van der Waals surface area (Å²) in [7, 11) is 0. The van der Waals surface area contributed by atoms with Gasteiger partial charge in [0.25, 0.3) is 5.91 Å². The lowest BCUT2D eigenvalue weighted by Crippen LogP contribution is -2.25. The summed E-state index contributed by atoms with van der Waals surface area (Å²) < 4.78 is 1.60. The van der Waals surface area contributed by atoms with Crippen LogP contribution in [0.2, 0.25) is 0 Å². The SMILES string of the molecule is Cc1nnnn1-c1cccc(C(=O)NCCc2c[nH]c3ccccc23)c1. The van der Waals surface area contributed by atoms with Gasteiger partial charge in [0.05, 0.1) is 5.69 Å². The number of aryl methyl sites for hydroxylation is 1. The molecule has 2 heterocycles. The maximum atomic E-state index is 12.5. The third-order valence-corrected chi connectivity index (χ3v) is 4.33. The number of carbonyl (C=O) groups is 1. The fraction of sp³-hybridized carbons (Fsp3) is 0.158. The van der Waals surface area contributed by atoms with E-state index >= 15 is 0 Å². The highest BCUT2D eigenvalue weighted by atomic mass is 16.1. The number of aromatic nitrogens is 5. The molecule has 2 aromatic carbocycles. The Kier molecular flexibility index (Phi) is 4.18. The van der Waals surface area contributed by atoms with Crippen LogP contribution < -0.4 is 5.32 Å². The molecule has 2 N–H and O–H groups in total. The van der Waals surface area contributed by atoms with Crippen molar-refractivity contribution in [3.05, 3.63) is 71.7 Å². The molecule has 0 aliphatic heterocycles. The van der Waals surface area contributed by atoms with Crippen LogP contribution in [0.5, 0.6) is 0 Å². The molecule has 0 bridgehead atoms. The van der Waals surface area contributed by atoms with E-state index < -0.39 is 0 Å². The van der Waals surface area contributed by atoms with Crippen molar-refractivity contribution in [2.75, 3.05) is 6.54 Å². The van der Waals surface area contributed by atoms with Gasteiger partial charge in [0.1, 0.15) is 0 Å². The Balaban J connectivity index is 1.43. The van der Waals surface area contributed by atoms with Crippen molar-refractivity contribution < 1.29 is 4.79 Å². The van der Waals surface area contributed by atoms with E-state index in [0.717, 1.165) is 17.6 Å². The number of nitrogens with one attached hydrogen (secondary N) is 2. The molecule has 4 aromatic rings. The van der Waals surface area contributed by atoms with Crippen molar-refractivity contribution in [3.8, 4) is 5.69 Å². The summed E-state index contributed by atoms with van der Waals surface area (Å²) in [4.78, 5) is 15.7. The largest absolute Gasteiger partial charge is 0.361 e. The molecule has 0 saturated heterocycles. The fourth-order valence-corrected chi connectivity index (χ4v) is 3.00. The van der Waals surface area contributed by atoms with Gasteiger partial charge in [-0.1, -0.05) is 24.3 Å². The van der Waals surface area contributed by atoms with Gasteiger partial charge < -0.3 is 10.3 Å². The molecule has 0 aliphatic carbocycles. The summed E-state index contributed by atoms with van der Waals surface area (Å²) in [5.74, 6) is 0.555. The van der Waals surface area contributed by atoms with Crippen molar-refractivity contribution in [2.24, 2.45) is 0 Å². The van der Waals surface area contributed by atoms with Crippen molar-refractivity contribution in [3.63, 3.8) is 0 Å². The quantitative estimate of drug-likeness (QED) is 0.581. The second-order valence-electron chi connectivity index (χ2n) is 6.05. The summed E-state index contributed by atoms with van der Waals surface area (Å²) in [5.41, 5.74) is 3.64. The fourth-order valence-electron chi connectivity index (χ4n) is 3.00. The average Bonchev–Trinajstić information content (AvgIpc) is 3.28. The minimum atomic E-state index is -0.114. The molecular weight excluding hydrogens is 328 g/mol. The molecule has 0 saturated carbocycles. The van der Waals surface area contributed by atoms with Crippen LogP contribution >= 0.6 is 0 Å². The zero-order valence-corrected chi connectivity index (χ0v) is 14.3. The van der Waals surface area contributed by atoms with E-state index in [1.807, 2.05) is 43.5 Å². The number of aromatic amines is 1. The molecule has 2 aromatic heterocycles. The van der Waals surface area contributed by atoms with Gasteiger partial charge >= 0.3 is 0 Å². The Hall–Kier alpha value is -3.48. The summed E-state index contributed by atoms with van der Waals surface area (Å²) >= 11 is 0. The van der Waals surface area contributed by atoms with Gasteiger partial charge in [-0.2, -0.15) is 4.68 Å². The topological polar surface area (TPSA) is 88.5 Å². The Morgan fingerprint density at radius 2 is 2.08 bits per heavy atom. The third kappa shape index (κ3) is 3.06. The minimum absolute atomic E-state index is 0.114. The Morgan fingerprint density at radius 3 is 2.92 bits per heavy atom. The maximum Gasteiger partial charge on any atom is 0.251 e.